The Bertz CT molecular complexity index is 1080. The van der Waals surface area contributed by atoms with Crippen molar-refractivity contribution in [1.82, 2.24) is 4.72 Å². The minimum Gasteiger partial charge on any atom is -0.274 e. The van der Waals surface area contributed by atoms with Gasteiger partial charge in [0.25, 0.3) is 10.0 Å². The second kappa shape index (κ2) is 8.23. The molecule has 0 aromatic heterocycles. The standard InChI is InChI=1S/C17H12ClF6NO3S/c1-6(2)3-11(26)25-29(27,28)10-4-7(9(19)5-8(10)18)12-13(20)15(22)17(24)16(23)14(12)21/h4-6H,3H2,1-2H3,(H,25,26). The van der Waals surface area contributed by atoms with E-state index in [0.717, 1.165) is 0 Å². The second-order valence-electron chi connectivity index (χ2n) is 6.33. The van der Waals surface area contributed by atoms with Gasteiger partial charge in [-0.3, -0.25) is 4.79 Å². The number of benzene rings is 2. The molecule has 0 heterocycles. The summed E-state index contributed by atoms with van der Waals surface area (Å²) in [5.41, 5.74) is -2.93. The molecule has 29 heavy (non-hydrogen) atoms. The lowest BCUT2D eigenvalue weighted by Gasteiger charge is -2.14. The van der Waals surface area contributed by atoms with Crippen LogP contribution in [-0.4, -0.2) is 14.3 Å². The maximum Gasteiger partial charge on any atom is 0.265 e. The van der Waals surface area contributed by atoms with E-state index >= 15 is 0 Å². The van der Waals surface area contributed by atoms with Crippen LogP contribution in [0.3, 0.4) is 0 Å². The molecule has 2 aromatic carbocycles. The molecule has 2 rings (SSSR count). The Morgan fingerprint density at radius 1 is 0.966 bits per heavy atom. The minimum atomic E-state index is -4.74. The Kier molecular flexibility index (Phi) is 6.53. The van der Waals surface area contributed by atoms with Gasteiger partial charge in [0.1, 0.15) is 10.7 Å². The molecule has 1 N–H and O–H groups in total. The third-order valence-electron chi connectivity index (χ3n) is 3.63. The second-order valence-corrected chi connectivity index (χ2v) is 8.39. The predicted molar refractivity (Wildman–Crippen MR) is 91.4 cm³/mol. The first kappa shape index (κ1) is 23.0. The van der Waals surface area contributed by atoms with Gasteiger partial charge >= 0.3 is 0 Å². The van der Waals surface area contributed by atoms with Gasteiger partial charge < -0.3 is 0 Å². The molecule has 1 amide bonds. The number of carbonyl (C=O) groups is 1. The van der Waals surface area contributed by atoms with Crippen molar-refractivity contribution < 1.29 is 39.6 Å². The van der Waals surface area contributed by atoms with Gasteiger partial charge in [-0.1, -0.05) is 25.4 Å². The summed E-state index contributed by atoms with van der Waals surface area (Å²) in [6.07, 6.45) is -0.206. The molecular weight excluding hydrogens is 448 g/mol. The fourth-order valence-corrected chi connectivity index (χ4v) is 3.92. The van der Waals surface area contributed by atoms with Gasteiger partial charge in [-0.15, -0.1) is 0 Å². The molecule has 4 nitrogen and oxygen atoms in total. The van der Waals surface area contributed by atoms with Crippen LogP contribution in [0.15, 0.2) is 17.0 Å². The molecule has 12 heteroatoms. The summed E-state index contributed by atoms with van der Waals surface area (Å²) in [5, 5.41) is -0.778. The van der Waals surface area contributed by atoms with E-state index in [4.69, 9.17) is 11.6 Å². The van der Waals surface area contributed by atoms with Gasteiger partial charge in [0, 0.05) is 12.0 Å². The Labute approximate surface area is 166 Å². The van der Waals surface area contributed by atoms with Gasteiger partial charge in [0.2, 0.25) is 11.7 Å². The van der Waals surface area contributed by atoms with E-state index in [9.17, 15) is 39.6 Å². The average molecular weight is 460 g/mol. The largest absolute Gasteiger partial charge is 0.274 e. The lowest BCUT2D eigenvalue weighted by molar-refractivity contribution is -0.120. The highest BCUT2D eigenvalue weighted by atomic mass is 35.5. The molecule has 2 aromatic rings. The number of sulfonamides is 1. The maximum atomic E-state index is 14.2. The number of halogens is 7. The summed E-state index contributed by atoms with van der Waals surface area (Å²) in [6, 6.07) is 0.595. The van der Waals surface area contributed by atoms with Crippen molar-refractivity contribution in [2.45, 2.75) is 25.2 Å². The highest BCUT2D eigenvalue weighted by Crippen LogP contribution is 2.36. The van der Waals surface area contributed by atoms with Crippen LogP contribution in [0, 0.1) is 40.8 Å². The third-order valence-corrected chi connectivity index (χ3v) is 5.47. The Morgan fingerprint density at radius 3 is 1.93 bits per heavy atom. The van der Waals surface area contributed by atoms with E-state index in [2.05, 4.69) is 0 Å². The number of carbonyl (C=O) groups excluding carboxylic acids is 1. The summed E-state index contributed by atoms with van der Waals surface area (Å²) in [7, 11) is -4.74. The summed E-state index contributed by atoms with van der Waals surface area (Å²) >= 11 is 5.66. The van der Waals surface area contributed by atoms with Crippen LogP contribution in [0.25, 0.3) is 11.1 Å². The van der Waals surface area contributed by atoms with Crippen LogP contribution in [-0.2, 0) is 14.8 Å². The fraction of sp³-hybridized carbons (Fsp3) is 0.235. The van der Waals surface area contributed by atoms with Crippen molar-refractivity contribution in [3.8, 4) is 11.1 Å². The summed E-state index contributed by atoms with van der Waals surface area (Å²) in [4.78, 5) is 10.8. The van der Waals surface area contributed by atoms with Crippen molar-refractivity contribution >= 4 is 27.5 Å². The van der Waals surface area contributed by atoms with E-state index in [1.54, 1.807) is 18.6 Å². The molecule has 0 saturated heterocycles. The molecular formula is C17H12ClF6NO3S. The van der Waals surface area contributed by atoms with Gasteiger partial charge in [0.15, 0.2) is 23.3 Å². The van der Waals surface area contributed by atoms with Crippen LogP contribution in [0.1, 0.15) is 20.3 Å². The van der Waals surface area contributed by atoms with E-state index in [1.807, 2.05) is 0 Å². The highest BCUT2D eigenvalue weighted by Gasteiger charge is 2.30. The quantitative estimate of drug-likeness (QED) is 0.401. The van der Waals surface area contributed by atoms with E-state index in [1.165, 1.54) is 0 Å². The molecule has 0 spiro atoms. The van der Waals surface area contributed by atoms with Crippen molar-refractivity contribution in [2.75, 3.05) is 0 Å². The van der Waals surface area contributed by atoms with Crippen molar-refractivity contribution in [3.63, 3.8) is 0 Å². The Morgan fingerprint density at radius 2 is 1.45 bits per heavy atom. The lowest BCUT2D eigenvalue weighted by Crippen LogP contribution is -2.31. The molecule has 0 bridgehead atoms. The number of nitrogens with one attached hydrogen (secondary N) is 1. The zero-order valence-corrected chi connectivity index (χ0v) is 16.3. The van der Waals surface area contributed by atoms with Crippen LogP contribution >= 0.6 is 11.6 Å². The molecule has 0 fully saturated rings. The molecule has 158 valence electrons. The average Bonchev–Trinajstić information content (AvgIpc) is 2.58. The summed E-state index contributed by atoms with van der Waals surface area (Å²) in [6.45, 7) is 3.25. The van der Waals surface area contributed by atoms with E-state index < -0.39 is 71.9 Å². The van der Waals surface area contributed by atoms with Gasteiger partial charge in [0.05, 0.1) is 10.6 Å². The Hall–Kier alpha value is -2.27. The predicted octanol–water partition coefficient (Wildman–Crippen LogP) is 4.69. The van der Waals surface area contributed by atoms with Gasteiger partial charge in [-0.2, -0.15) is 0 Å². The minimum absolute atomic E-state index is 0.206. The number of rotatable bonds is 5. The number of hydrogen-bond acceptors (Lipinski definition) is 3. The highest BCUT2D eigenvalue weighted by molar-refractivity contribution is 7.90. The van der Waals surface area contributed by atoms with E-state index in [-0.39, 0.29) is 18.4 Å². The summed E-state index contributed by atoms with van der Waals surface area (Å²) in [5.74, 6) is -14.6. The first-order chi connectivity index (χ1) is 13.3. The third kappa shape index (κ3) is 4.50. The van der Waals surface area contributed by atoms with E-state index in [0.29, 0.717) is 6.07 Å². The first-order valence-corrected chi connectivity index (χ1v) is 9.70. The van der Waals surface area contributed by atoms with Crippen LogP contribution in [0.5, 0.6) is 0 Å². The molecule has 0 saturated carbocycles. The molecule has 0 unspecified atom stereocenters. The smallest absolute Gasteiger partial charge is 0.265 e. The van der Waals surface area contributed by atoms with Crippen molar-refractivity contribution in [2.24, 2.45) is 5.92 Å². The van der Waals surface area contributed by atoms with Crippen LogP contribution in [0.2, 0.25) is 5.02 Å². The van der Waals surface area contributed by atoms with Crippen molar-refractivity contribution in [1.29, 1.82) is 0 Å². The SMILES string of the molecule is CC(C)CC(=O)NS(=O)(=O)c1cc(-c2c(F)c(F)c(F)c(F)c2F)c(F)cc1Cl. The first-order valence-electron chi connectivity index (χ1n) is 7.84. The lowest BCUT2D eigenvalue weighted by atomic mass is 10.0. The fourth-order valence-electron chi connectivity index (χ4n) is 2.39. The number of amides is 1. The Balaban J connectivity index is 2.70. The monoisotopic (exact) mass is 459 g/mol. The summed E-state index contributed by atoms with van der Waals surface area (Å²) < 4.78 is 109. The maximum absolute atomic E-state index is 14.2. The molecule has 0 aliphatic rings. The molecule has 0 aliphatic carbocycles. The molecule has 0 aliphatic heterocycles. The van der Waals surface area contributed by atoms with Crippen LogP contribution < -0.4 is 4.72 Å². The molecule has 0 atom stereocenters. The number of hydrogen-bond donors (Lipinski definition) is 1. The van der Waals surface area contributed by atoms with Crippen molar-refractivity contribution in [3.05, 3.63) is 52.1 Å². The zero-order chi connectivity index (χ0) is 22.3. The van der Waals surface area contributed by atoms with Gasteiger partial charge in [-0.05, 0) is 18.1 Å². The zero-order valence-electron chi connectivity index (χ0n) is 14.7. The van der Waals surface area contributed by atoms with Crippen LogP contribution in [0.4, 0.5) is 26.3 Å². The van der Waals surface area contributed by atoms with Gasteiger partial charge in [-0.25, -0.2) is 39.5 Å². The topological polar surface area (TPSA) is 63.2 Å². The normalized spacial score (nSPS) is 11.8. The molecule has 0 radical (unpaired) electrons.